The first-order chi connectivity index (χ1) is 7.41. The van der Waals surface area contributed by atoms with E-state index in [1.807, 2.05) is 0 Å². The molecule has 5 heteroatoms. The van der Waals surface area contributed by atoms with Crippen LogP contribution in [0.2, 0.25) is 0 Å². The zero-order chi connectivity index (χ0) is 12.1. The number of nitrogens with one attached hydrogen (secondary N) is 1. The molecular weight excluding hydrogens is 219 g/mol. The fraction of sp³-hybridized carbons (Fsp3) is 1.00. The number of halogens is 3. The van der Waals surface area contributed by atoms with Gasteiger partial charge in [-0.25, -0.2) is 0 Å². The van der Waals surface area contributed by atoms with Gasteiger partial charge >= 0.3 is 6.18 Å². The van der Waals surface area contributed by atoms with Gasteiger partial charge in [-0.1, -0.05) is 6.92 Å². The van der Waals surface area contributed by atoms with Gasteiger partial charge in [-0.05, 0) is 31.2 Å². The summed E-state index contributed by atoms with van der Waals surface area (Å²) in [7, 11) is 0. The quantitative estimate of drug-likeness (QED) is 0.745. The van der Waals surface area contributed by atoms with Gasteiger partial charge in [0.15, 0.2) is 0 Å². The maximum Gasteiger partial charge on any atom is 0.389 e. The van der Waals surface area contributed by atoms with Crippen LogP contribution >= 0.6 is 0 Å². The Labute approximate surface area is 94.5 Å². The molecule has 1 fully saturated rings. The van der Waals surface area contributed by atoms with E-state index in [2.05, 4.69) is 12.2 Å². The van der Waals surface area contributed by atoms with Crippen LogP contribution in [0.3, 0.4) is 0 Å². The Morgan fingerprint density at radius 2 is 1.88 bits per heavy atom. The molecule has 1 rings (SSSR count). The minimum absolute atomic E-state index is 0.163. The van der Waals surface area contributed by atoms with Crippen molar-refractivity contribution in [1.29, 1.82) is 0 Å². The molecule has 0 aromatic heterocycles. The predicted molar refractivity (Wildman–Crippen MR) is 56.3 cm³/mol. The van der Waals surface area contributed by atoms with Gasteiger partial charge in [-0.2, -0.15) is 13.2 Å². The SMILES string of the molecule is CC1(CNCCCC(F)(F)F)CCOCC1. The summed E-state index contributed by atoms with van der Waals surface area (Å²) < 4.78 is 40.9. The summed E-state index contributed by atoms with van der Waals surface area (Å²) >= 11 is 0. The van der Waals surface area contributed by atoms with Gasteiger partial charge in [-0.3, -0.25) is 0 Å². The number of hydrogen-bond donors (Lipinski definition) is 1. The summed E-state index contributed by atoms with van der Waals surface area (Å²) in [5, 5.41) is 3.11. The molecule has 0 aromatic carbocycles. The van der Waals surface area contributed by atoms with E-state index in [0.717, 1.165) is 32.6 Å². The van der Waals surface area contributed by atoms with Crippen molar-refractivity contribution in [1.82, 2.24) is 5.32 Å². The van der Waals surface area contributed by atoms with E-state index >= 15 is 0 Å². The van der Waals surface area contributed by atoms with Crippen molar-refractivity contribution in [2.24, 2.45) is 5.41 Å². The second-order valence-electron chi connectivity index (χ2n) is 4.82. The van der Waals surface area contributed by atoms with Crippen molar-refractivity contribution >= 4 is 0 Å². The molecule has 0 aromatic rings. The van der Waals surface area contributed by atoms with Crippen LogP contribution in [0.15, 0.2) is 0 Å². The van der Waals surface area contributed by atoms with Crippen molar-refractivity contribution in [3.05, 3.63) is 0 Å². The van der Waals surface area contributed by atoms with E-state index in [1.54, 1.807) is 0 Å². The van der Waals surface area contributed by atoms with Gasteiger partial charge in [-0.15, -0.1) is 0 Å². The molecule has 1 heterocycles. The third-order valence-corrected chi connectivity index (χ3v) is 3.07. The van der Waals surface area contributed by atoms with Crippen molar-refractivity contribution < 1.29 is 17.9 Å². The highest BCUT2D eigenvalue weighted by Crippen LogP contribution is 2.28. The largest absolute Gasteiger partial charge is 0.389 e. The Kier molecular flexibility index (Phi) is 5.05. The lowest BCUT2D eigenvalue weighted by Gasteiger charge is -2.33. The van der Waals surface area contributed by atoms with E-state index in [-0.39, 0.29) is 11.8 Å². The van der Waals surface area contributed by atoms with Crippen LogP contribution in [0.25, 0.3) is 0 Å². The molecule has 1 aliphatic heterocycles. The highest BCUT2D eigenvalue weighted by Gasteiger charge is 2.28. The van der Waals surface area contributed by atoms with Crippen LogP contribution in [-0.2, 0) is 4.74 Å². The molecule has 0 unspecified atom stereocenters. The Morgan fingerprint density at radius 1 is 1.25 bits per heavy atom. The molecule has 16 heavy (non-hydrogen) atoms. The van der Waals surface area contributed by atoms with Crippen LogP contribution < -0.4 is 5.32 Å². The lowest BCUT2D eigenvalue weighted by Crippen LogP contribution is -2.37. The second-order valence-corrected chi connectivity index (χ2v) is 4.82. The Balaban J connectivity index is 2.06. The van der Waals surface area contributed by atoms with Crippen LogP contribution in [0, 0.1) is 5.41 Å². The number of ether oxygens (including phenoxy) is 1. The fourth-order valence-electron chi connectivity index (χ4n) is 1.84. The summed E-state index contributed by atoms with van der Waals surface area (Å²) in [6, 6.07) is 0. The van der Waals surface area contributed by atoms with Crippen molar-refractivity contribution in [3.63, 3.8) is 0 Å². The van der Waals surface area contributed by atoms with Crippen molar-refractivity contribution in [2.45, 2.75) is 38.8 Å². The predicted octanol–water partition coefficient (Wildman–Crippen LogP) is 2.74. The van der Waals surface area contributed by atoms with E-state index in [4.69, 9.17) is 4.74 Å². The molecule has 0 spiro atoms. The fourth-order valence-corrected chi connectivity index (χ4v) is 1.84. The number of rotatable bonds is 5. The maximum absolute atomic E-state index is 11.9. The molecule has 2 nitrogen and oxygen atoms in total. The standard InChI is InChI=1S/C11H20F3NO/c1-10(4-7-16-8-5-10)9-15-6-2-3-11(12,13)14/h15H,2-9H2,1H3. The van der Waals surface area contributed by atoms with Gasteiger partial charge < -0.3 is 10.1 Å². The summed E-state index contributed by atoms with van der Waals surface area (Å²) in [4.78, 5) is 0. The molecule has 0 atom stereocenters. The van der Waals surface area contributed by atoms with Crippen LogP contribution in [0.1, 0.15) is 32.6 Å². The van der Waals surface area contributed by atoms with E-state index in [1.165, 1.54) is 0 Å². The van der Waals surface area contributed by atoms with Crippen molar-refractivity contribution in [3.8, 4) is 0 Å². The number of hydrogen-bond acceptors (Lipinski definition) is 2. The first-order valence-electron chi connectivity index (χ1n) is 5.77. The monoisotopic (exact) mass is 239 g/mol. The summed E-state index contributed by atoms with van der Waals surface area (Å²) in [5.41, 5.74) is 0.191. The minimum atomic E-state index is -4.02. The smallest absolute Gasteiger partial charge is 0.381 e. The Morgan fingerprint density at radius 3 is 2.44 bits per heavy atom. The molecular formula is C11H20F3NO. The molecule has 0 saturated carbocycles. The lowest BCUT2D eigenvalue weighted by atomic mass is 9.82. The Hall–Kier alpha value is -0.290. The van der Waals surface area contributed by atoms with Crippen LogP contribution in [0.4, 0.5) is 13.2 Å². The molecule has 1 saturated heterocycles. The van der Waals surface area contributed by atoms with Crippen LogP contribution in [-0.4, -0.2) is 32.5 Å². The number of alkyl halides is 3. The van der Waals surface area contributed by atoms with Gasteiger partial charge in [0.1, 0.15) is 0 Å². The first-order valence-corrected chi connectivity index (χ1v) is 5.77. The molecule has 96 valence electrons. The average molecular weight is 239 g/mol. The maximum atomic E-state index is 11.9. The highest BCUT2D eigenvalue weighted by molar-refractivity contribution is 4.79. The lowest BCUT2D eigenvalue weighted by molar-refractivity contribution is -0.135. The molecule has 0 bridgehead atoms. The molecule has 0 radical (unpaired) electrons. The zero-order valence-electron chi connectivity index (χ0n) is 9.70. The Bertz CT molecular complexity index is 200. The second kappa shape index (κ2) is 5.87. The van der Waals surface area contributed by atoms with E-state index < -0.39 is 12.6 Å². The third kappa shape index (κ3) is 5.70. The third-order valence-electron chi connectivity index (χ3n) is 3.07. The molecule has 0 amide bonds. The summed E-state index contributed by atoms with van der Waals surface area (Å²) in [5.74, 6) is 0. The molecule has 1 aliphatic rings. The van der Waals surface area contributed by atoms with Crippen molar-refractivity contribution in [2.75, 3.05) is 26.3 Å². The topological polar surface area (TPSA) is 21.3 Å². The highest BCUT2D eigenvalue weighted by atomic mass is 19.4. The van der Waals surface area contributed by atoms with E-state index in [9.17, 15) is 13.2 Å². The molecule has 0 aliphatic carbocycles. The van der Waals surface area contributed by atoms with Gasteiger partial charge in [0.25, 0.3) is 0 Å². The zero-order valence-corrected chi connectivity index (χ0v) is 9.70. The van der Waals surface area contributed by atoms with Gasteiger partial charge in [0, 0.05) is 26.2 Å². The minimum Gasteiger partial charge on any atom is -0.381 e. The summed E-state index contributed by atoms with van der Waals surface area (Å²) in [6.07, 6.45) is -2.58. The first kappa shape index (κ1) is 13.8. The van der Waals surface area contributed by atoms with Gasteiger partial charge in [0.05, 0.1) is 0 Å². The summed E-state index contributed by atoms with van der Waals surface area (Å²) in [6.45, 7) is 4.91. The van der Waals surface area contributed by atoms with Crippen LogP contribution in [0.5, 0.6) is 0 Å². The van der Waals surface area contributed by atoms with Gasteiger partial charge in [0.2, 0.25) is 0 Å². The average Bonchev–Trinajstić information content (AvgIpc) is 2.16. The molecule has 1 N–H and O–H groups in total. The van der Waals surface area contributed by atoms with E-state index in [0.29, 0.717) is 6.54 Å². The normalized spacial score (nSPS) is 21.0.